The maximum atomic E-state index is 6.40. The van der Waals surface area contributed by atoms with E-state index in [2.05, 4.69) is 148 Å². The molecule has 2 aromatic heterocycles. The average molecular weight is 644 g/mol. The molecule has 0 saturated heterocycles. The number of rotatable bonds is 5. The first-order valence-electron chi connectivity index (χ1n) is 16.7. The van der Waals surface area contributed by atoms with Gasteiger partial charge in [-0.2, -0.15) is 0 Å². The van der Waals surface area contributed by atoms with E-state index < -0.39 is 0 Å². The summed E-state index contributed by atoms with van der Waals surface area (Å²) < 4.78 is 8.60. The fraction of sp³-hybridized carbons (Fsp3) is 0. The van der Waals surface area contributed by atoms with Crippen molar-refractivity contribution < 1.29 is 4.42 Å². The zero-order chi connectivity index (χ0) is 33.0. The molecule has 0 amide bonds. The van der Waals surface area contributed by atoms with Gasteiger partial charge < -0.3 is 14.2 Å². The average Bonchev–Trinajstić information content (AvgIpc) is 3.78. The van der Waals surface area contributed by atoms with Crippen molar-refractivity contribution >= 4 is 56.3 Å². The zero-order valence-electron chi connectivity index (χ0n) is 26.9. The lowest BCUT2D eigenvalue weighted by atomic mass is 10.0. The second kappa shape index (κ2) is 11.4. The van der Waals surface area contributed by atoms with E-state index in [1.54, 1.807) is 0 Å². The minimum atomic E-state index is 0.573. The van der Waals surface area contributed by atoms with Crippen LogP contribution in [0.2, 0.25) is 0 Å². The number of hydrogen-bond acceptors (Lipinski definition) is 5. The van der Waals surface area contributed by atoms with Gasteiger partial charge in [-0.25, -0.2) is 9.97 Å². The van der Waals surface area contributed by atoms with E-state index in [1.165, 1.54) is 0 Å². The summed E-state index contributed by atoms with van der Waals surface area (Å²) in [5.74, 6) is 1.45. The van der Waals surface area contributed by atoms with Crippen LogP contribution >= 0.6 is 0 Å². The van der Waals surface area contributed by atoms with Crippen molar-refractivity contribution in [3.8, 4) is 28.5 Å². The fourth-order valence-corrected chi connectivity index (χ4v) is 7.07. The quantitative estimate of drug-likeness (QED) is 0.187. The maximum absolute atomic E-state index is 6.40. The molecule has 3 heterocycles. The molecule has 0 spiro atoms. The smallest absolute Gasteiger partial charge is 0.227 e. The summed E-state index contributed by atoms with van der Waals surface area (Å²) in [6.45, 7) is 0. The molecule has 0 saturated carbocycles. The first kappa shape index (κ1) is 28.1. The van der Waals surface area contributed by atoms with Gasteiger partial charge in [0.1, 0.15) is 11.3 Å². The summed E-state index contributed by atoms with van der Waals surface area (Å²) in [6, 6.07) is 60.8. The Bertz CT molecular complexity index is 2600. The van der Waals surface area contributed by atoms with Gasteiger partial charge in [0, 0.05) is 34.3 Å². The van der Waals surface area contributed by atoms with Crippen molar-refractivity contribution in [2.45, 2.75) is 0 Å². The van der Waals surface area contributed by atoms with E-state index in [0.29, 0.717) is 11.5 Å². The molecule has 0 unspecified atom stereocenters. The van der Waals surface area contributed by atoms with Gasteiger partial charge in [0.05, 0.1) is 33.8 Å². The van der Waals surface area contributed by atoms with Crippen molar-refractivity contribution in [1.82, 2.24) is 14.5 Å². The Kier molecular flexibility index (Phi) is 6.39. The monoisotopic (exact) mass is 643 g/mol. The predicted molar refractivity (Wildman–Crippen MR) is 202 cm³/mol. The number of imidazole rings is 1. The number of oxazole rings is 1. The molecule has 50 heavy (non-hydrogen) atoms. The van der Waals surface area contributed by atoms with E-state index in [-0.39, 0.29) is 0 Å². The van der Waals surface area contributed by atoms with Gasteiger partial charge in [-0.1, -0.05) is 91.0 Å². The molecule has 7 aromatic carbocycles. The highest BCUT2D eigenvalue weighted by Crippen LogP contribution is 2.53. The van der Waals surface area contributed by atoms with Gasteiger partial charge in [0.2, 0.25) is 5.89 Å². The lowest BCUT2D eigenvalue weighted by Gasteiger charge is -2.40. The standard InChI is InChI=1S/C44H29N5O/c1-4-14-30(15-5-1)43-45-35-29-42-36(28-41(35)49(43)33-18-8-3-9-19-33)46-44(50-42)31-24-26-34(27-25-31)48-39-22-12-10-20-37(39)47(32-16-6-2-7-17-32)38-21-11-13-23-40(38)48/h1-29H. The minimum absolute atomic E-state index is 0.573. The Morgan fingerprint density at radius 3 is 1.48 bits per heavy atom. The molecule has 0 bridgehead atoms. The van der Waals surface area contributed by atoms with Crippen LogP contribution in [0, 0.1) is 0 Å². The molecule has 10 rings (SSSR count). The van der Waals surface area contributed by atoms with E-state index in [9.17, 15) is 0 Å². The van der Waals surface area contributed by atoms with Crippen molar-refractivity contribution in [1.29, 1.82) is 0 Å². The maximum Gasteiger partial charge on any atom is 0.227 e. The topological polar surface area (TPSA) is 50.3 Å². The van der Waals surface area contributed by atoms with Gasteiger partial charge in [0.15, 0.2) is 5.58 Å². The van der Waals surface area contributed by atoms with Gasteiger partial charge in [0.25, 0.3) is 0 Å². The molecule has 9 aromatic rings. The SMILES string of the molecule is c1ccc(-c2nc3cc4oc(-c5ccc(N6c7ccccc7N(c7ccccc7)c7ccccc76)cc5)nc4cc3n2-c2ccccc2)cc1. The minimum Gasteiger partial charge on any atom is -0.436 e. The molecule has 6 heteroatoms. The number of hydrogen-bond donors (Lipinski definition) is 0. The summed E-state index contributed by atoms with van der Waals surface area (Å²) in [5, 5.41) is 0. The van der Waals surface area contributed by atoms with Crippen LogP contribution in [0.5, 0.6) is 0 Å². The van der Waals surface area contributed by atoms with Gasteiger partial charge in [-0.15, -0.1) is 0 Å². The third kappa shape index (κ3) is 4.50. The van der Waals surface area contributed by atoms with Crippen LogP contribution in [-0.2, 0) is 0 Å². The first-order chi connectivity index (χ1) is 24.8. The number of para-hydroxylation sites is 6. The second-order valence-electron chi connectivity index (χ2n) is 12.3. The van der Waals surface area contributed by atoms with Crippen LogP contribution in [-0.4, -0.2) is 14.5 Å². The number of fused-ring (bicyclic) bond motifs is 4. The lowest BCUT2D eigenvalue weighted by Crippen LogP contribution is -2.23. The third-order valence-electron chi connectivity index (χ3n) is 9.32. The lowest BCUT2D eigenvalue weighted by molar-refractivity contribution is 0.620. The van der Waals surface area contributed by atoms with Crippen LogP contribution in [0.1, 0.15) is 0 Å². The van der Waals surface area contributed by atoms with Crippen LogP contribution < -0.4 is 9.80 Å². The summed E-state index contributed by atoms with van der Waals surface area (Å²) in [6.07, 6.45) is 0. The van der Waals surface area contributed by atoms with Gasteiger partial charge in [-0.3, -0.25) is 4.57 Å². The Hall–Kier alpha value is -6.92. The van der Waals surface area contributed by atoms with E-state index in [0.717, 1.165) is 73.3 Å². The molecule has 6 nitrogen and oxygen atoms in total. The number of aromatic nitrogens is 3. The molecule has 0 N–H and O–H groups in total. The molecular weight excluding hydrogens is 615 g/mol. The Balaban J connectivity index is 1.05. The van der Waals surface area contributed by atoms with E-state index in [4.69, 9.17) is 14.4 Å². The summed E-state index contributed by atoms with van der Waals surface area (Å²) in [4.78, 5) is 14.7. The second-order valence-corrected chi connectivity index (χ2v) is 12.3. The molecular formula is C44H29N5O. The van der Waals surface area contributed by atoms with Crippen molar-refractivity contribution in [2.75, 3.05) is 9.80 Å². The van der Waals surface area contributed by atoms with Crippen LogP contribution in [0.3, 0.4) is 0 Å². The molecule has 0 atom stereocenters. The highest BCUT2D eigenvalue weighted by Gasteiger charge is 2.30. The van der Waals surface area contributed by atoms with Crippen molar-refractivity contribution in [2.24, 2.45) is 0 Å². The summed E-state index contributed by atoms with van der Waals surface area (Å²) in [7, 11) is 0. The molecule has 1 aliphatic heterocycles. The largest absolute Gasteiger partial charge is 0.436 e. The number of nitrogens with zero attached hydrogens (tertiary/aromatic N) is 5. The molecule has 1 aliphatic rings. The number of benzene rings is 7. The summed E-state index contributed by atoms with van der Waals surface area (Å²) in [5.41, 5.74) is 12.9. The van der Waals surface area contributed by atoms with E-state index >= 15 is 0 Å². The Morgan fingerprint density at radius 2 is 0.900 bits per heavy atom. The Morgan fingerprint density at radius 1 is 0.400 bits per heavy atom. The third-order valence-corrected chi connectivity index (χ3v) is 9.32. The molecule has 236 valence electrons. The van der Waals surface area contributed by atoms with Gasteiger partial charge in [-0.05, 0) is 78.9 Å². The van der Waals surface area contributed by atoms with Crippen molar-refractivity contribution in [3.05, 3.63) is 176 Å². The first-order valence-corrected chi connectivity index (χ1v) is 16.7. The number of anilines is 6. The van der Waals surface area contributed by atoms with E-state index in [1.807, 2.05) is 42.5 Å². The molecule has 0 aliphatic carbocycles. The normalized spacial score (nSPS) is 12.3. The van der Waals surface area contributed by atoms with Gasteiger partial charge >= 0.3 is 0 Å². The fourth-order valence-electron chi connectivity index (χ4n) is 7.07. The van der Waals surface area contributed by atoms with Crippen LogP contribution in [0.25, 0.3) is 50.7 Å². The summed E-state index contributed by atoms with van der Waals surface area (Å²) >= 11 is 0. The highest BCUT2D eigenvalue weighted by molar-refractivity contribution is 6.01. The predicted octanol–water partition coefficient (Wildman–Crippen LogP) is 11.8. The molecule has 0 radical (unpaired) electrons. The molecule has 0 fully saturated rings. The Labute approximate surface area is 288 Å². The van der Waals surface area contributed by atoms with Crippen molar-refractivity contribution in [3.63, 3.8) is 0 Å². The van der Waals surface area contributed by atoms with Crippen LogP contribution in [0.4, 0.5) is 34.1 Å². The zero-order valence-corrected chi connectivity index (χ0v) is 26.9. The van der Waals surface area contributed by atoms with Crippen LogP contribution in [0.15, 0.2) is 180 Å². The highest BCUT2D eigenvalue weighted by atomic mass is 16.3.